The first-order valence-electron chi connectivity index (χ1n) is 11.3. The minimum atomic E-state index is -4.70. The molecule has 0 aliphatic rings. The summed E-state index contributed by atoms with van der Waals surface area (Å²) in [6.07, 6.45) is -0.0145. The van der Waals surface area contributed by atoms with E-state index in [4.69, 9.17) is 4.74 Å². The number of carbonyl (C=O) groups excluding carboxylic acids is 1. The third-order valence-electron chi connectivity index (χ3n) is 5.26. The molecular formula is C24H25Br2F3N4O3S. The zero-order valence-corrected chi connectivity index (χ0v) is 23.8. The highest BCUT2D eigenvalue weighted by Gasteiger charge is 2.35. The van der Waals surface area contributed by atoms with Crippen LogP contribution in [-0.2, 0) is 17.5 Å². The fraction of sp³-hybridized carbons (Fsp3) is 0.333. The summed E-state index contributed by atoms with van der Waals surface area (Å²) in [5, 5.41) is 3.46. The summed E-state index contributed by atoms with van der Waals surface area (Å²) in [6, 6.07) is 12.0. The van der Waals surface area contributed by atoms with Crippen molar-refractivity contribution in [2.45, 2.75) is 36.8 Å². The lowest BCUT2D eigenvalue weighted by atomic mass is 10.2. The minimum Gasteiger partial charge on any atom is -0.588 e. The van der Waals surface area contributed by atoms with Crippen molar-refractivity contribution in [3.63, 3.8) is 0 Å². The monoisotopic (exact) mass is 664 g/mol. The number of aromatic amines is 1. The van der Waals surface area contributed by atoms with Gasteiger partial charge in [0.15, 0.2) is 5.75 Å². The topological polar surface area (TPSA) is 93.3 Å². The molecule has 2 N–H and O–H groups in total. The number of methoxy groups -OCH3 is 1. The van der Waals surface area contributed by atoms with Crippen LogP contribution in [0.4, 0.5) is 24.5 Å². The van der Waals surface area contributed by atoms with Gasteiger partial charge in [-0.25, -0.2) is 4.98 Å². The summed E-state index contributed by atoms with van der Waals surface area (Å²) >= 11 is 5.13. The van der Waals surface area contributed by atoms with Crippen molar-refractivity contribution >= 4 is 60.5 Å². The van der Waals surface area contributed by atoms with Crippen LogP contribution in [0.5, 0.6) is 5.75 Å². The summed E-state index contributed by atoms with van der Waals surface area (Å²) in [5.74, 6) is -1.74. The summed E-state index contributed by atoms with van der Waals surface area (Å²) in [6.45, 7) is 0.518. The van der Waals surface area contributed by atoms with Crippen LogP contribution >= 0.6 is 31.9 Å². The van der Waals surface area contributed by atoms with Gasteiger partial charge in [0.05, 0.1) is 25.5 Å². The average Bonchev–Trinajstić information content (AvgIpc) is 3.38. The Labute approximate surface area is 232 Å². The van der Waals surface area contributed by atoms with Crippen LogP contribution in [0.3, 0.4) is 0 Å². The van der Waals surface area contributed by atoms with Crippen LogP contribution in [0.15, 0.2) is 58.0 Å². The highest BCUT2D eigenvalue weighted by atomic mass is 79.9. The summed E-state index contributed by atoms with van der Waals surface area (Å²) in [4.78, 5) is 18.0. The van der Waals surface area contributed by atoms with Gasteiger partial charge in [0.1, 0.15) is 17.1 Å². The molecule has 0 aliphatic heterocycles. The molecule has 200 valence electrons. The molecule has 0 saturated heterocycles. The first kappa shape index (κ1) is 29.3. The van der Waals surface area contributed by atoms with Crippen LogP contribution in [0.2, 0.25) is 0 Å². The first-order valence-corrected chi connectivity index (χ1v) is 14.3. The van der Waals surface area contributed by atoms with E-state index in [0.29, 0.717) is 17.2 Å². The van der Waals surface area contributed by atoms with E-state index in [1.807, 2.05) is 29.2 Å². The molecule has 3 rings (SSSR count). The van der Waals surface area contributed by atoms with Crippen LogP contribution in [0.25, 0.3) is 0 Å². The molecule has 37 heavy (non-hydrogen) atoms. The van der Waals surface area contributed by atoms with E-state index in [1.165, 1.54) is 19.2 Å². The molecule has 0 aliphatic carbocycles. The number of rotatable bonds is 12. The van der Waals surface area contributed by atoms with Crippen LogP contribution < -0.4 is 14.4 Å². The Hall–Kier alpha value is -2.22. The number of nitrogens with zero attached hydrogens (tertiary/aromatic N) is 2. The fourth-order valence-corrected chi connectivity index (χ4v) is 5.46. The first-order chi connectivity index (χ1) is 17.6. The minimum absolute atomic E-state index is 0.241. The van der Waals surface area contributed by atoms with Gasteiger partial charge in [-0.05, 0) is 49.2 Å². The number of imidazole rings is 1. The standard InChI is InChI=1S/C24H25Br2F3N4O3S/c1-36-20-11-8-17(31-22(34)19-15-30-23(32-19)24(27,28)29)14-21(20)37(35)33(13-5-3-2-4-12-25)18-9-6-16(26)7-10-18/h6-11,14-15H,2-5,12-13H2,1H3,(H,30,32)(H,31,34). The van der Waals surface area contributed by atoms with Crippen molar-refractivity contribution in [2.24, 2.45) is 0 Å². The normalized spacial score (nSPS) is 12.3. The molecular weight excluding hydrogens is 641 g/mol. The number of alkyl halides is 4. The maximum Gasteiger partial charge on any atom is 0.449 e. The van der Waals surface area contributed by atoms with Crippen molar-refractivity contribution < 1.29 is 27.3 Å². The van der Waals surface area contributed by atoms with E-state index in [9.17, 15) is 22.5 Å². The Balaban J connectivity index is 1.85. The Morgan fingerprint density at radius 3 is 2.49 bits per heavy atom. The predicted octanol–water partition coefficient (Wildman–Crippen LogP) is 6.94. The van der Waals surface area contributed by atoms with Crippen molar-refractivity contribution in [1.82, 2.24) is 9.97 Å². The van der Waals surface area contributed by atoms with Gasteiger partial charge in [0.25, 0.3) is 5.91 Å². The van der Waals surface area contributed by atoms with E-state index in [0.717, 1.165) is 47.4 Å². The number of anilines is 2. The molecule has 13 heteroatoms. The largest absolute Gasteiger partial charge is 0.588 e. The molecule has 0 fully saturated rings. The number of aromatic nitrogens is 2. The van der Waals surface area contributed by atoms with Crippen molar-refractivity contribution in [3.8, 4) is 5.75 Å². The van der Waals surface area contributed by atoms with Crippen molar-refractivity contribution in [2.75, 3.05) is 28.6 Å². The Morgan fingerprint density at radius 1 is 1.16 bits per heavy atom. The molecule has 0 bridgehead atoms. The number of H-pyrrole nitrogens is 1. The lowest BCUT2D eigenvalue weighted by Gasteiger charge is -2.27. The fourth-order valence-electron chi connectivity index (χ4n) is 3.41. The van der Waals surface area contributed by atoms with E-state index in [2.05, 4.69) is 42.2 Å². The second-order valence-electron chi connectivity index (χ2n) is 7.89. The van der Waals surface area contributed by atoms with Gasteiger partial charge >= 0.3 is 6.18 Å². The summed E-state index contributed by atoms with van der Waals surface area (Å²) in [5.41, 5.74) is 0.631. The lowest BCUT2D eigenvalue weighted by Crippen LogP contribution is -2.32. The van der Waals surface area contributed by atoms with Gasteiger partial charge in [-0.3, -0.25) is 4.79 Å². The second kappa shape index (κ2) is 13.5. The maximum absolute atomic E-state index is 13.8. The SMILES string of the molecule is COc1ccc(NC(=O)c2cnc(C(F)(F)F)[nH]2)cc1[S+]([O-])N(CCCCCCBr)c1ccc(Br)cc1. The Bertz CT molecular complexity index is 1180. The van der Waals surface area contributed by atoms with E-state index in [1.54, 1.807) is 10.4 Å². The number of hydrogen-bond acceptors (Lipinski definition) is 5. The molecule has 2 aromatic carbocycles. The average molecular weight is 666 g/mol. The van der Waals surface area contributed by atoms with Gasteiger partial charge in [-0.2, -0.15) is 17.5 Å². The number of nitrogens with one attached hydrogen (secondary N) is 2. The summed E-state index contributed by atoms with van der Waals surface area (Å²) in [7, 11) is 1.45. The molecule has 0 spiro atoms. The van der Waals surface area contributed by atoms with Crippen molar-refractivity contribution in [1.29, 1.82) is 0 Å². The molecule has 3 aromatic rings. The van der Waals surface area contributed by atoms with Gasteiger partial charge in [0, 0.05) is 21.6 Å². The zero-order valence-electron chi connectivity index (χ0n) is 19.8. The number of benzene rings is 2. The number of carbonyl (C=O) groups is 1. The molecule has 1 unspecified atom stereocenters. The lowest BCUT2D eigenvalue weighted by molar-refractivity contribution is -0.144. The Kier molecular flexibility index (Phi) is 10.7. The zero-order chi connectivity index (χ0) is 27.0. The number of amides is 1. The third-order valence-corrected chi connectivity index (χ3v) is 7.84. The second-order valence-corrected chi connectivity index (χ2v) is 11.0. The number of hydrogen-bond donors (Lipinski definition) is 2. The molecule has 1 heterocycles. The maximum atomic E-state index is 13.8. The van der Waals surface area contributed by atoms with E-state index >= 15 is 0 Å². The molecule has 1 atom stereocenters. The highest BCUT2D eigenvalue weighted by Crippen LogP contribution is 2.33. The van der Waals surface area contributed by atoms with Crippen LogP contribution in [-0.4, -0.2) is 39.4 Å². The summed E-state index contributed by atoms with van der Waals surface area (Å²) < 4.78 is 60.4. The highest BCUT2D eigenvalue weighted by molar-refractivity contribution is 9.10. The van der Waals surface area contributed by atoms with Gasteiger partial charge in [-0.1, -0.05) is 44.7 Å². The van der Waals surface area contributed by atoms with Gasteiger partial charge in [0.2, 0.25) is 10.7 Å². The number of halogens is 5. The number of ether oxygens (including phenoxy) is 1. The molecule has 0 radical (unpaired) electrons. The molecule has 7 nitrogen and oxygen atoms in total. The van der Waals surface area contributed by atoms with E-state index in [-0.39, 0.29) is 11.4 Å². The van der Waals surface area contributed by atoms with E-state index < -0.39 is 29.3 Å². The third kappa shape index (κ3) is 8.13. The van der Waals surface area contributed by atoms with Crippen molar-refractivity contribution in [3.05, 3.63) is 64.7 Å². The molecule has 1 amide bonds. The molecule has 0 saturated carbocycles. The van der Waals surface area contributed by atoms with Gasteiger partial charge in [-0.15, -0.1) is 0 Å². The van der Waals surface area contributed by atoms with Gasteiger partial charge < -0.3 is 19.6 Å². The van der Waals surface area contributed by atoms with Crippen LogP contribution in [0, 0.1) is 0 Å². The smallest absolute Gasteiger partial charge is 0.449 e. The Morgan fingerprint density at radius 2 is 1.86 bits per heavy atom. The molecule has 1 aromatic heterocycles. The van der Waals surface area contributed by atoms with Crippen LogP contribution in [0.1, 0.15) is 42.0 Å². The number of unbranched alkanes of at least 4 members (excludes halogenated alkanes) is 3. The quantitative estimate of drug-likeness (QED) is 0.124. The predicted molar refractivity (Wildman–Crippen MR) is 145 cm³/mol.